The van der Waals surface area contributed by atoms with Crippen LogP contribution in [-0.2, 0) is 23.9 Å². The highest BCUT2D eigenvalue weighted by Crippen LogP contribution is 2.67. The Hall–Kier alpha value is -1.10. The van der Waals surface area contributed by atoms with Gasteiger partial charge >= 0.3 is 11.9 Å². The zero-order valence-corrected chi connectivity index (χ0v) is 18.5. The van der Waals surface area contributed by atoms with Crippen molar-refractivity contribution in [2.45, 2.75) is 90.8 Å². The van der Waals surface area contributed by atoms with Crippen LogP contribution in [0.4, 0.5) is 0 Å². The van der Waals surface area contributed by atoms with Gasteiger partial charge in [0.15, 0.2) is 0 Å². The molecule has 6 heteroatoms. The third kappa shape index (κ3) is 3.32. The zero-order chi connectivity index (χ0) is 21.0. The molecule has 4 saturated carbocycles. The van der Waals surface area contributed by atoms with Crippen molar-refractivity contribution in [1.29, 1.82) is 0 Å². The van der Waals surface area contributed by atoms with Crippen molar-refractivity contribution >= 4 is 28.8 Å². The fraction of sp³-hybridized carbons (Fsp3) is 0.870. The van der Waals surface area contributed by atoms with E-state index in [1.807, 2.05) is 0 Å². The lowest BCUT2D eigenvalue weighted by Gasteiger charge is -2.61. The molecule has 4 rings (SSSR count). The summed E-state index contributed by atoms with van der Waals surface area (Å²) in [5.41, 5.74) is -0.575. The largest absolute Gasteiger partial charge is 0.463 e. The van der Waals surface area contributed by atoms with Crippen LogP contribution in [0, 0.1) is 34.5 Å². The van der Waals surface area contributed by atoms with Gasteiger partial charge in [-0.1, -0.05) is 13.3 Å². The van der Waals surface area contributed by atoms with Crippen LogP contribution >= 0.6 is 11.6 Å². The maximum atomic E-state index is 12.7. The molecule has 0 amide bonds. The Bertz CT molecular complexity index is 707. The summed E-state index contributed by atoms with van der Waals surface area (Å²) in [5.74, 6) is 1.05. The highest BCUT2D eigenvalue weighted by molar-refractivity contribution is 6.64. The van der Waals surface area contributed by atoms with Gasteiger partial charge in [0, 0.05) is 13.8 Å². The lowest BCUT2D eigenvalue weighted by molar-refractivity contribution is -0.190. The summed E-state index contributed by atoms with van der Waals surface area (Å²) in [4.78, 5) is 36.0. The zero-order valence-electron chi connectivity index (χ0n) is 17.7. The van der Waals surface area contributed by atoms with Crippen LogP contribution in [0.3, 0.4) is 0 Å². The van der Waals surface area contributed by atoms with E-state index >= 15 is 0 Å². The number of carbonyl (C=O) groups excluding carboxylic acids is 3. The Kier molecular flexibility index (Phi) is 5.50. The number of rotatable bonds is 3. The quantitative estimate of drug-likeness (QED) is 0.487. The Morgan fingerprint density at radius 1 is 0.897 bits per heavy atom. The molecule has 0 aromatic carbocycles. The van der Waals surface area contributed by atoms with Crippen molar-refractivity contribution in [3.8, 4) is 0 Å². The summed E-state index contributed by atoms with van der Waals surface area (Å²) >= 11 is 6.22. The molecule has 0 bridgehead atoms. The molecule has 0 aromatic heterocycles. The van der Waals surface area contributed by atoms with Crippen molar-refractivity contribution in [2.24, 2.45) is 34.5 Å². The number of halogens is 1. The number of ether oxygens (including phenoxy) is 2. The van der Waals surface area contributed by atoms with Gasteiger partial charge in [-0.05, 0) is 92.1 Å². The normalized spacial score (nSPS) is 46.1. The summed E-state index contributed by atoms with van der Waals surface area (Å²) < 4.78 is 11.3. The van der Waals surface area contributed by atoms with E-state index in [4.69, 9.17) is 21.1 Å². The molecule has 0 N–H and O–H groups in total. The van der Waals surface area contributed by atoms with Gasteiger partial charge in [-0.3, -0.25) is 14.4 Å². The molecule has 0 aromatic rings. The molecule has 5 nitrogen and oxygen atoms in total. The second-order valence-electron chi connectivity index (χ2n) is 10.2. The maximum absolute atomic E-state index is 12.7. The fourth-order valence-electron chi connectivity index (χ4n) is 7.89. The van der Waals surface area contributed by atoms with Crippen molar-refractivity contribution < 1.29 is 23.9 Å². The fourth-order valence-corrected chi connectivity index (χ4v) is 8.24. The van der Waals surface area contributed by atoms with Gasteiger partial charge in [-0.15, -0.1) is 0 Å². The highest BCUT2D eigenvalue weighted by atomic mass is 35.5. The van der Waals surface area contributed by atoms with Gasteiger partial charge in [0.05, 0.1) is 5.41 Å². The number of fused-ring (bicyclic) bond motifs is 5. The van der Waals surface area contributed by atoms with Gasteiger partial charge < -0.3 is 9.47 Å². The van der Waals surface area contributed by atoms with Gasteiger partial charge in [0.2, 0.25) is 5.24 Å². The van der Waals surface area contributed by atoms with Gasteiger partial charge in [-0.25, -0.2) is 0 Å². The highest BCUT2D eigenvalue weighted by Gasteiger charge is 2.66. The summed E-state index contributed by atoms with van der Waals surface area (Å²) in [5, 5.41) is -0.310. The summed E-state index contributed by atoms with van der Waals surface area (Å²) in [6, 6.07) is 0. The molecule has 0 spiro atoms. The van der Waals surface area contributed by atoms with Crippen molar-refractivity contribution in [3.05, 3.63) is 0 Å². The Labute approximate surface area is 178 Å². The molecule has 0 saturated heterocycles. The third-order valence-electron chi connectivity index (χ3n) is 9.03. The van der Waals surface area contributed by atoms with Crippen molar-refractivity contribution in [1.82, 2.24) is 0 Å². The average molecular weight is 425 g/mol. The van der Waals surface area contributed by atoms with E-state index in [1.54, 1.807) is 0 Å². The Morgan fingerprint density at radius 3 is 2.28 bits per heavy atom. The predicted molar refractivity (Wildman–Crippen MR) is 108 cm³/mol. The van der Waals surface area contributed by atoms with E-state index in [2.05, 4.69) is 6.92 Å². The molecular weight excluding hydrogens is 392 g/mol. The van der Waals surface area contributed by atoms with Crippen molar-refractivity contribution in [2.75, 3.05) is 0 Å². The molecule has 162 valence electrons. The summed E-state index contributed by atoms with van der Waals surface area (Å²) in [7, 11) is 0. The minimum atomic E-state index is -0.702. The van der Waals surface area contributed by atoms with Crippen LogP contribution in [0.2, 0.25) is 0 Å². The van der Waals surface area contributed by atoms with Crippen LogP contribution in [0.25, 0.3) is 0 Å². The second-order valence-corrected chi connectivity index (χ2v) is 10.5. The number of hydrogen-bond donors (Lipinski definition) is 0. The van der Waals surface area contributed by atoms with Gasteiger partial charge in [-0.2, -0.15) is 0 Å². The second kappa shape index (κ2) is 7.55. The average Bonchev–Trinajstić information content (AvgIpc) is 3.08. The smallest absolute Gasteiger partial charge is 0.302 e. The van der Waals surface area contributed by atoms with Gasteiger partial charge in [0.1, 0.15) is 12.2 Å². The third-order valence-corrected chi connectivity index (χ3v) is 9.38. The lowest BCUT2D eigenvalue weighted by atomic mass is 9.44. The Morgan fingerprint density at radius 2 is 1.62 bits per heavy atom. The van der Waals surface area contributed by atoms with E-state index in [-0.39, 0.29) is 34.6 Å². The van der Waals surface area contributed by atoms with E-state index < -0.39 is 11.5 Å². The molecular formula is C23H33ClO5. The standard InChI is InChI=1S/C23H33ClO5/c1-13(25)28-16-8-10-22(3)15(11-16)6-7-17-18-5-4-9-23(18,21(24)27)20(12-19(17)22)29-14(2)26/h15-20H,4-12H2,1-3H3/t15?,16-,17+,18+,19+,20+,22+,23+/m1/s1. The first-order valence-electron chi connectivity index (χ1n) is 11.2. The first kappa shape index (κ1) is 21.1. The monoisotopic (exact) mass is 424 g/mol. The molecule has 8 atom stereocenters. The van der Waals surface area contributed by atoms with E-state index in [9.17, 15) is 14.4 Å². The molecule has 4 aliphatic carbocycles. The molecule has 0 aliphatic heterocycles. The summed E-state index contributed by atoms with van der Waals surface area (Å²) in [6.45, 7) is 5.30. The minimum Gasteiger partial charge on any atom is -0.463 e. The first-order chi connectivity index (χ1) is 13.7. The molecule has 0 heterocycles. The predicted octanol–water partition coefficient (Wildman–Crippen LogP) is 4.64. The minimum absolute atomic E-state index is 0.0185. The van der Waals surface area contributed by atoms with Crippen molar-refractivity contribution in [3.63, 3.8) is 0 Å². The van der Waals surface area contributed by atoms with Crippen LogP contribution < -0.4 is 0 Å². The maximum Gasteiger partial charge on any atom is 0.302 e. The molecule has 0 radical (unpaired) electrons. The lowest BCUT2D eigenvalue weighted by Crippen LogP contribution is -2.60. The van der Waals surface area contributed by atoms with Crippen LogP contribution in [-0.4, -0.2) is 29.4 Å². The topological polar surface area (TPSA) is 69.7 Å². The molecule has 29 heavy (non-hydrogen) atoms. The number of carbonyl (C=O) groups is 3. The van der Waals surface area contributed by atoms with E-state index in [0.717, 1.165) is 57.8 Å². The molecule has 1 unspecified atom stereocenters. The first-order valence-corrected chi connectivity index (χ1v) is 11.6. The number of esters is 2. The SMILES string of the molecule is CC(=O)O[C@@H]1CC[C@@]2(C)C(CC[C@H]3[C@@H]4CCC[C@@]4(C(=O)Cl)[C@@H](OC(C)=O)C[C@@H]32)C1. The molecule has 4 aliphatic rings. The van der Waals surface area contributed by atoms with E-state index in [0.29, 0.717) is 17.8 Å². The van der Waals surface area contributed by atoms with Crippen LogP contribution in [0.1, 0.15) is 78.6 Å². The van der Waals surface area contributed by atoms with E-state index in [1.165, 1.54) is 13.8 Å². The van der Waals surface area contributed by atoms with Crippen LogP contribution in [0.15, 0.2) is 0 Å². The molecule has 4 fully saturated rings. The Balaban J connectivity index is 1.64. The summed E-state index contributed by atoms with van der Waals surface area (Å²) in [6.07, 6.45) is 8.04. The van der Waals surface area contributed by atoms with Crippen LogP contribution in [0.5, 0.6) is 0 Å². The van der Waals surface area contributed by atoms with Gasteiger partial charge in [0.25, 0.3) is 0 Å². The number of hydrogen-bond acceptors (Lipinski definition) is 5.